The van der Waals surface area contributed by atoms with Gasteiger partial charge in [-0.05, 0) is 81.3 Å². The molecule has 0 spiro atoms. The van der Waals surface area contributed by atoms with Gasteiger partial charge in [0.15, 0.2) is 6.61 Å². The molecule has 0 aliphatic heterocycles. The molecule has 3 aromatic rings. The van der Waals surface area contributed by atoms with Gasteiger partial charge in [-0.25, -0.2) is 23.1 Å². The van der Waals surface area contributed by atoms with Crippen LogP contribution in [0.15, 0.2) is 47.4 Å². The van der Waals surface area contributed by atoms with E-state index in [0.717, 1.165) is 11.1 Å². The molecule has 8 nitrogen and oxygen atoms in total. The Labute approximate surface area is 192 Å². The van der Waals surface area contributed by atoms with E-state index in [0.29, 0.717) is 27.8 Å². The first kappa shape index (κ1) is 23.5. The van der Waals surface area contributed by atoms with Crippen LogP contribution in [-0.2, 0) is 14.8 Å². The molecule has 2 aromatic carbocycles. The lowest BCUT2D eigenvalue weighted by Crippen LogP contribution is -2.20. The smallest absolute Gasteiger partial charge is 0.264 e. The highest BCUT2D eigenvalue weighted by molar-refractivity contribution is 7.92. The molecule has 2 N–H and O–H groups in total. The van der Waals surface area contributed by atoms with Crippen LogP contribution in [0.25, 0.3) is 0 Å². The van der Waals surface area contributed by atoms with E-state index >= 15 is 0 Å². The number of benzene rings is 2. The van der Waals surface area contributed by atoms with E-state index in [4.69, 9.17) is 16.3 Å². The maximum Gasteiger partial charge on any atom is 0.264 e. The molecule has 0 bridgehead atoms. The molecule has 1 amide bonds. The summed E-state index contributed by atoms with van der Waals surface area (Å²) in [6.07, 6.45) is 0. The van der Waals surface area contributed by atoms with Crippen LogP contribution in [0.5, 0.6) is 5.75 Å². The summed E-state index contributed by atoms with van der Waals surface area (Å²) in [5.74, 6) is 0.165. The van der Waals surface area contributed by atoms with Crippen molar-refractivity contribution >= 4 is 39.2 Å². The molecule has 0 aliphatic carbocycles. The largest absolute Gasteiger partial charge is 0.484 e. The summed E-state index contributed by atoms with van der Waals surface area (Å²) in [5.41, 5.74) is 3.46. The first-order valence-corrected chi connectivity index (χ1v) is 11.5. The third-order valence-corrected chi connectivity index (χ3v) is 6.38. The summed E-state index contributed by atoms with van der Waals surface area (Å²) >= 11 is 6.13. The molecule has 0 aliphatic rings. The Morgan fingerprint density at radius 2 is 1.53 bits per heavy atom. The molecule has 0 saturated carbocycles. The zero-order valence-corrected chi connectivity index (χ0v) is 19.6. The van der Waals surface area contributed by atoms with Crippen LogP contribution < -0.4 is 14.8 Å². The predicted octanol–water partition coefficient (Wildman–Crippen LogP) is 4.18. The fourth-order valence-corrected chi connectivity index (χ4v) is 4.06. The molecule has 0 unspecified atom stereocenters. The van der Waals surface area contributed by atoms with Gasteiger partial charge in [0, 0.05) is 22.1 Å². The van der Waals surface area contributed by atoms with Crippen LogP contribution >= 0.6 is 11.6 Å². The maximum absolute atomic E-state index is 12.6. The number of amides is 1. The van der Waals surface area contributed by atoms with Crippen LogP contribution in [-0.4, -0.2) is 30.9 Å². The molecule has 3 rings (SSSR count). The standard InChI is InChI=1S/C22H23ClN4O4S/c1-13-9-18(10-14(2)21(13)23)31-12-20(28)26-17-5-7-19(8-6-17)32(29,30)27-22-24-15(3)11-16(4)25-22/h5-11H,12H2,1-4H3,(H,26,28)(H,24,25,27). The van der Waals surface area contributed by atoms with Gasteiger partial charge in [0.1, 0.15) is 5.75 Å². The van der Waals surface area contributed by atoms with Gasteiger partial charge in [-0.1, -0.05) is 11.6 Å². The van der Waals surface area contributed by atoms with Crippen LogP contribution in [0.2, 0.25) is 5.02 Å². The van der Waals surface area contributed by atoms with Crippen molar-refractivity contribution < 1.29 is 17.9 Å². The molecule has 0 atom stereocenters. The van der Waals surface area contributed by atoms with E-state index in [9.17, 15) is 13.2 Å². The second-order valence-electron chi connectivity index (χ2n) is 7.31. The summed E-state index contributed by atoms with van der Waals surface area (Å²) in [7, 11) is -3.87. The Morgan fingerprint density at radius 3 is 2.09 bits per heavy atom. The molecule has 0 fully saturated rings. The number of aromatic nitrogens is 2. The fraction of sp³-hybridized carbons (Fsp3) is 0.227. The van der Waals surface area contributed by atoms with Gasteiger partial charge in [-0.2, -0.15) is 0 Å². The number of rotatable bonds is 7. The van der Waals surface area contributed by atoms with Crippen molar-refractivity contribution in [1.29, 1.82) is 0 Å². The third-order valence-electron chi connectivity index (χ3n) is 4.44. The lowest BCUT2D eigenvalue weighted by Gasteiger charge is -2.11. The van der Waals surface area contributed by atoms with Gasteiger partial charge in [0.2, 0.25) is 5.95 Å². The Kier molecular flexibility index (Phi) is 7.00. The lowest BCUT2D eigenvalue weighted by atomic mass is 10.1. The van der Waals surface area contributed by atoms with Gasteiger partial charge in [0.05, 0.1) is 4.90 Å². The molecule has 0 saturated heterocycles. The van der Waals surface area contributed by atoms with Crippen molar-refractivity contribution in [2.75, 3.05) is 16.6 Å². The Morgan fingerprint density at radius 1 is 0.969 bits per heavy atom. The van der Waals surface area contributed by atoms with Crippen LogP contribution in [0.4, 0.5) is 11.6 Å². The minimum atomic E-state index is -3.87. The first-order chi connectivity index (χ1) is 15.0. The zero-order valence-electron chi connectivity index (χ0n) is 18.1. The predicted molar refractivity (Wildman–Crippen MR) is 124 cm³/mol. The van der Waals surface area contributed by atoms with Crippen molar-refractivity contribution in [2.24, 2.45) is 0 Å². The molecule has 32 heavy (non-hydrogen) atoms. The van der Waals surface area contributed by atoms with Crippen LogP contribution in [0.3, 0.4) is 0 Å². The number of hydrogen-bond acceptors (Lipinski definition) is 6. The topological polar surface area (TPSA) is 110 Å². The van der Waals surface area contributed by atoms with Crippen molar-refractivity contribution in [1.82, 2.24) is 9.97 Å². The highest BCUT2D eigenvalue weighted by Crippen LogP contribution is 2.26. The van der Waals surface area contributed by atoms with E-state index in [1.54, 1.807) is 32.0 Å². The number of sulfonamides is 1. The summed E-state index contributed by atoms with van der Waals surface area (Å²) < 4.78 is 33.1. The van der Waals surface area contributed by atoms with Gasteiger partial charge >= 0.3 is 0 Å². The van der Waals surface area contributed by atoms with Gasteiger partial charge in [-0.15, -0.1) is 0 Å². The number of ether oxygens (including phenoxy) is 1. The molecule has 1 aromatic heterocycles. The molecular weight excluding hydrogens is 452 g/mol. The minimum Gasteiger partial charge on any atom is -0.484 e. The molecular formula is C22H23ClN4O4S. The Hall–Kier alpha value is -3.17. The summed E-state index contributed by atoms with van der Waals surface area (Å²) in [6, 6.07) is 11.0. The van der Waals surface area contributed by atoms with Gasteiger partial charge < -0.3 is 10.1 Å². The fourth-order valence-electron chi connectivity index (χ4n) is 3.00. The highest BCUT2D eigenvalue weighted by atomic mass is 35.5. The minimum absolute atomic E-state index is 0.00435. The SMILES string of the molecule is Cc1cc(C)nc(NS(=O)(=O)c2ccc(NC(=O)COc3cc(C)c(Cl)c(C)c3)cc2)n1. The maximum atomic E-state index is 12.6. The van der Waals surface area contributed by atoms with E-state index in [1.165, 1.54) is 24.3 Å². The van der Waals surface area contributed by atoms with Gasteiger partial charge in [-0.3, -0.25) is 4.79 Å². The first-order valence-electron chi connectivity index (χ1n) is 9.68. The molecule has 0 radical (unpaired) electrons. The van der Waals surface area contributed by atoms with Crippen molar-refractivity contribution in [2.45, 2.75) is 32.6 Å². The van der Waals surface area contributed by atoms with Crippen LogP contribution in [0.1, 0.15) is 22.5 Å². The number of anilines is 2. The summed E-state index contributed by atoms with van der Waals surface area (Å²) in [6.45, 7) is 7.02. The lowest BCUT2D eigenvalue weighted by molar-refractivity contribution is -0.118. The molecule has 168 valence electrons. The van der Waals surface area contributed by atoms with E-state index < -0.39 is 10.0 Å². The zero-order chi connectivity index (χ0) is 23.5. The number of nitrogens with one attached hydrogen (secondary N) is 2. The van der Waals surface area contributed by atoms with Crippen molar-refractivity contribution in [3.63, 3.8) is 0 Å². The van der Waals surface area contributed by atoms with E-state index in [-0.39, 0.29) is 23.4 Å². The number of carbonyl (C=O) groups is 1. The summed E-state index contributed by atoms with van der Waals surface area (Å²) in [5, 5.41) is 3.33. The van der Waals surface area contributed by atoms with Gasteiger partial charge in [0.25, 0.3) is 15.9 Å². The molecule has 1 heterocycles. The third kappa shape index (κ3) is 5.95. The monoisotopic (exact) mass is 474 g/mol. The Balaban J connectivity index is 1.61. The quantitative estimate of drug-likeness (QED) is 0.531. The summed E-state index contributed by atoms with van der Waals surface area (Å²) in [4.78, 5) is 20.4. The number of halogens is 1. The average molecular weight is 475 g/mol. The van der Waals surface area contributed by atoms with Crippen molar-refractivity contribution in [3.8, 4) is 5.75 Å². The number of carbonyl (C=O) groups excluding carboxylic acids is 1. The normalized spacial score (nSPS) is 11.2. The highest BCUT2D eigenvalue weighted by Gasteiger charge is 2.16. The van der Waals surface area contributed by atoms with E-state index in [1.807, 2.05) is 13.8 Å². The second kappa shape index (κ2) is 9.54. The number of hydrogen-bond donors (Lipinski definition) is 2. The number of aryl methyl sites for hydroxylation is 4. The van der Waals surface area contributed by atoms with E-state index in [2.05, 4.69) is 20.0 Å². The van der Waals surface area contributed by atoms with Crippen LogP contribution in [0, 0.1) is 27.7 Å². The Bertz CT molecular complexity index is 1220. The number of nitrogens with zero attached hydrogens (tertiary/aromatic N) is 2. The van der Waals surface area contributed by atoms with Crippen molar-refractivity contribution in [3.05, 3.63) is 70.0 Å². The average Bonchev–Trinajstić information content (AvgIpc) is 2.69. The second-order valence-corrected chi connectivity index (χ2v) is 9.37. The molecule has 10 heteroatoms.